The Kier molecular flexibility index (Phi) is 2.98. The Morgan fingerprint density at radius 1 is 1.44 bits per heavy atom. The largest absolute Gasteiger partial charge is 0.368 e. The van der Waals surface area contributed by atoms with Gasteiger partial charge in [-0.3, -0.25) is 4.79 Å². The zero-order valence-electron chi connectivity index (χ0n) is 10.7. The van der Waals surface area contributed by atoms with Crippen molar-refractivity contribution >= 4 is 22.7 Å². The van der Waals surface area contributed by atoms with E-state index >= 15 is 0 Å². The second-order valence-electron chi connectivity index (χ2n) is 4.87. The van der Waals surface area contributed by atoms with Gasteiger partial charge in [-0.2, -0.15) is 0 Å². The summed E-state index contributed by atoms with van der Waals surface area (Å²) >= 11 is 0. The third-order valence-electron chi connectivity index (χ3n) is 3.42. The van der Waals surface area contributed by atoms with Crippen molar-refractivity contribution < 1.29 is 9.32 Å². The number of anilines is 1. The first kappa shape index (κ1) is 12.4. The summed E-state index contributed by atoms with van der Waals surface area (Å²) in [5.74, 6) is 0.163. The Hall–Kier alpha value is -2.04. The van der Waals surface area contributed by atoms with Gasteiger partial charge in [-0.1, -0.05) is 31.1 Å². The predicted molar refractivity (Wildman–Crippen MR) is 70.1 cm³/mol. The molecule has 1 atom stereocenters. The molecule has 0 bridgehead atoms. The number of hydrogen-bond acceptors (Lipinski definition) is 4. The van der Waals surface area contributed by atoms with Crippen molar-refractivity contribution in [3.8, 4) is 0 Å². The molecule has 2 rings (SSSR count). The fraction of sp³-hybridized carbons (Fsp3) is 0.385. The number of carbonyl (C=O) groups excluding carboxylic acids is 1. The number of aromatic nitrogens is 1. The smallest absolute Gasteiger partial charge is 0.243 e. The van der Waals surface area contributed by atoms with Crippen molar-refractivity contribution in [2.24, 2.45) is 11.7 Å². The lowest BCUT2D eigenvalue weighted by Crippen LogP contribution is -2.52. The summed E-state index contributed by atoms with van der Waals surface area (Å²) in [6.45, 7) is 5.63. The van der Waals surface area contributed by atoms with Gasteiger partial charge < -0.3 is 15.6 Å². The van der Waals surface area contributed by atoms with Crippen molar-refractivity contribution in [3.05, 3.63) is 24.3 Å². The van der Waals surface area contributed by atoms with Crippen LogP contribution < -0.4 is 11.1 Å². The van der Waals surface area contributed by atoms with Crippen LogP contribution in [0, 0.1) is 5.92 Å². The molecule has 0 radical (unpaired) electrons. The molecule has 3 N–H and O–H groups in total. The Morgan fingerprint density at radius 2 is 2.11 bits per heavy atom. The maximum atomic E-state index is 11.6. The van der Waals surface area contributed by atoms with Gasteiger partial charge in [-0.15, -0.1) is 0 Å². The number of benzene rings is 1. The van der Waals surface area contributed by atoms with E-state index in [2.05, 4.69) is 10.5 Å². The zero-order chi connectivity index (χ0) is 13.3. The van der Waals surface area contributed by atoms with Crippen LogP contribution in [0.25, 0.3) is 11.0 Å². The summed E-state index contributed by atoms with van der Waals surface area (Å²) in [5.41, 5.74) is 5.29. The number of fused-ring (bicyclic) bond motifs is 1. The first-order valence-electron chi connectivity index (χ1n) is 5.87. The highest BCUT2D eigenvalue weighted by Gasteiger charge is 2.35. The number of nitrogens with zero attached hydrogens (tertiary/aromatic N) is 1. The fourth-order valence-electron chi connectivity index (χ4n) is 1.71. The minimum absolute atomic E-state index is 0.0328. The van der Waals surface area contributed by atoms with Gasteiger partial charge in [0.1, 0.15) is 5.54 Å². The molecule has 1 aromatic heterocycles. The van der Waals surface area contributed by atoms with Crippen LogP contribution in [0.4, 0.5) is 5.82 Å². The second-order valence-corrected chi connectivity index (χ2v) is 4.87. The molecular formula is C13H17N3O2. The maximum absolute atomic E-state index is 11.6. The number of nitrogens with two attached hydrogens (primary N) is 1. The SMILES string of the molecule is CC(C)C(C)(Nc1noc2ccccc12)C(N)=O. The molecule has 2 aromatic rings. The van der Waals surface area contributed by atoms with Crippen LogP contribution in [-0.2, 0) is 4.79 Å². The standard InChI is InChI=1S/C13H17N3O2/c1-8(2)13(3,12(14)17)15-11-9-6-4-5-7-10(9)18-16-11/h4-8H,1-3H3,(H2,14,17)(H,15,16). The molecule has 0 fully saturated rings. The molecule has 5 heteroatoms. The predicted octanol–water partition coefficient (Wildman–Crippen LogP) is 2.14. The van der Waals surface area contributed by atoms with Crippen molar-refractivity contribution in [2.45, 2.75) is 26.3 Å². The van der Waals surface area contributed by atoms with E-state index in [9.17, 15) is 4.79 Å². The topological polar surface area (TPSA) is 81.2 Å². The average molecular weight is 247 g/mol. The highest BCUT2D eigenvalue weighted by molar-refractivity contribution is 5.93. The van der Waals surface area contributed by atoms with Gasteiger partial charge >= 0.3 is 0 Å². The molecule has 1 unspecified atom stereocenters. The van der Waals surface area contributed by atoms with Gasteiger partial charge in [-0.25, -0.2) is 0 Å². The minimum Gasteiger partial charge on any atom is -0.368 e. The molecule has 0 saturated heterocycles. The normalized spacial score (nSPS) is 14.7. The molecule has 0 saturated carbocycles. The minimum atomic E-state index is -0.861. The van der Waals surface area contributed by atoms with Crippen LogP contribution in [0.3, 0.4) is 0 Å². The van der Waals surface area contributed by atoms with Crippen LogP contribution in [0.15, 0.2) is 28.8 Å². The van der Waals surface area contributed by atoms with E-state index in [1.807, 2.05) is 38.1 Å². The third kappa shape index (κ3) is 1.92. The molecular weight excluding hydrogens is 230 g/mol. The molecule has 1 amide bonds. The number of nitrogens with one attached hydrogen (secondary N) is 1. The van der Waals surface area contributed by atoms with Gasteiger partial charge in [0.15, 0.2) is 11.4 Å². The summed E-state index contributed by atoms with van der Waals surface area (Å²) in [6, 6.07) is 7.47. The zero-order valence-corrected chi connectivity index (χ0v) is 10.7. The highest BCUT2D eigenvalue weighted by Crippen LogP contribution is 2.28. The van der Waals surface area contributed by atoms with Crippen molar-refractivity contribution in [1.82, 2.24) is 5.16 Å². The Balaban J connectivity index is 2.41. The molecule has 1 aromatic carbocycles. The number of primary amides is 1. The molecule has 0 spiro atoms. The van der Waals surface area contributed by atoms with E-state index in [-0.39, 0.29) is 5.92 Å². The molecule has 96 valence electrons. The number of rotatable bonds is 4. The van der Waals surface area contributed by atoms with Crippen LogP contribution >= 0.6 is 0 Å². The summed E-state index contributed by atoms with van der Waals surface area (Å²) in [6.07, 6.45) is 0. The lowest BCUT2D eigenvalue weighted by molar-refractivity contribution is -0.123. The van der Waals surface area contributed by atoms with Crippen LogP contribution in [-0.4, -0.2) is 16.6 Å². The average Bonchev–Trinajstić information content (AvgIpc) is 2.72. The van der Waals surface area contributed by atoms with E-state index in [1.54, 1.807) is 6.92 Å². The first-order chi connectivity index (χ1) is 8.45. The van der Waals surface area contributed by atoms with Crippen molar-refractivity contribution in [3.63, 3.8) is 0 Å². The Labute approximate surface area is 105 Å². The molecule has 0 aliphatic heterocycles. The quantitative estimate of drug-likeness (QED) is 0.867. The Bertz CT molecular complexity index is 576. The van der Waals surface area contributed by atoms with Gasteiger partial charge in [0.05, 0.1) is 5.39 Å². The van der Waals surface area contributed by atoms with E-state index < -0.39 is 11.4 Å². The van der Waals surface area contributed by atoms with E-state index in [0.717, 1.165) is 5.39 Å². The summed E-state index contributed by atoms with van der Waals surface area (Å²) in [7, 11) is 0. The second kappa shape index (κ2) is 4.33. The summed E-state index contributed by atoms with van der Waals surface area (Å²) in [4.78, 5) is 11.6. The molecule has 1 heterocycles. The third-order valence-corrected chi connectivity index (χ3v) is 3.42. The number of para-hydroxylation sites is 1. The van der Waals surface area contributed by atoms with Crippen molar-refractivity contribution in [1.29, 1.82) is 0 Å². The van der Waals surface area contributed by atoms with E-state index in [0.29, 0.717) is 11.4 Å². The summed E-state index contributed by atoms with van der Waals surface area (Å²) < 4.78 is 5.19. The van der Waals surface area contributed by atoms with E-state index in [1.165, 1.54) is 0 Å². The maximum Gasteiger partial charge on any atom is 0.243 e. The van der Waals surface area contributed by atoms with Crippen LogP contribution in [0.2, 0.25) is 0 Å². The van der Waals surface area contributed by atoms with Gasteiger partial charge in [-0.05, 0) is 25.0 Å². The first-order valence-corrected chi connectivity index (χ1v) is 5.87. The lowest BCUT2D eigenvalue weighted by atomic mass is 9.87. The van der Waals surface area contributed by atoms with E-state index in [4.69, 9.17) is 10.3 Å². The Morgan fingerprint density at radius 3 is 2.72 bits per heavy atom. The highest BCUT2D eigenvalue weighted by atomic mass is 16.5. The lowest BCUT2D eigenvalue weighted by Gasteiger charge is -2.31. The van der Waals surface area contributed by atoms with Gasteiger partial charge in [0.2, 0.25) is 5.91 Å². The van der Waals surface area contributed by atoms with Gasteiger partial charge in [0, 0.05) is 0 Å². The summed E-state index contributed by atoms with van der Waals surface area (Å²) in [5, 5.41) is 7.89. The van der Waals surface area contributed by atoms with Crippen molar-refractivity contribution in [2.75, 3.05) is 5.32 Å². The number of amides is 1. The fourth-order valence-corrected chi connectivity index (χ4v) is 1.71. The molecule has 0 aliphatic rings. The molecule has 5 nitrogen and oxygen atoms in total. The monoisotopic (exact) mass is 247 g/mol. The van der Waals surface area contributed by atoms with Crippen LogP contribution in [0.1, 0.15) is 20.8 Å². The number of hydrogen-bond donors (Lipinski definition) is 2. The number of carbonyl (C=O) groups is 1. The van der Waals surface area contributed by atoms with Crippen LogP contribution in [0.5, 0.6) is 0 Å². The van der Waals surface area contributed by atoms with Gasteiger partial charge in [0.25, 0.3) is 0 Å². The molecule has 18 heavy (non-hydrogen) atoms. The molecule has 0 aliphatic carbocycles.